The van der Waals surface area contributed by atoms with Crippen molar-refractivity contribution < 1.29 is 4.42 Å². The summed E-state index contributed by atoms with van der Waals surface area (Å²) in [6.45, 7) is 14.5. The number of hydrogen-bond donors (Lipinski definition) is 0. The van der Waals surface area contributed by atoms with Crippen LogP contribution in [-0.4, -0.2) is 61.6 Å². The number of hydrogen-bond acceptors (Lipinski definition) is 5. The number of piperidine rings is 1. The third-order valence-electron chi connectivity index (χ3n) is 10.1. The van der Waals surface area contributed by atoms with E-state index in [1.807, 2.05) is 12.1 Å². The molecular weight excluding hydrogens is 552 g/mol. The summed E-state index contributed by atoms with van der Waals surface area (Å²) < 4.78 is 7.06. The highest BCUT2D eigenvalue weighted by molar-refractivity contribution is 6.30. The number of likely N-dealkylation sites (N-methyl/N-ethyl adjacent to an activating group) is 1. The normalized spacial score (nSPS) is 25.4. The molecule has 3 atom stereocenters. The molecule has 5 rings (SSSR count). The number of benzene rings is 2. The molecule has 6 heteroatoms. The molecule has 1 saturated heterocycles. The summed E-state index contributed by atoms with van der Waals surface area (Å²) in [5.74, 6) is 3.86. The van der Waals surface area contributed by atoms with Gasteiger partial charge >= 0.3 is 0 Å². The fraction of sp³-hybridized carbons (Fsp3) is 0.595. The van der Waals surface area contributed by atoms with E-state index in [2.05, 4.69) is 99.0 Å². The van der Waals surface area contributed by atoms with E-state index in [1.165, 1.54) is 17.5 Å². The zero-order chi connectivity index (χ0) is 30.6. The molecule has 0 N–H and O–H groups in total. The van der Waals surface area contributed by atoms with Gasteiger partial charge in [-0.2, -0.15) is 0 Å². The number of halogens is 1. The molecule has 0 spiro atoms. The van der Waals surface area contributed by atoms with Gasteiger partial charge in [-0.05, 0) is 100 Å². The van der Waals surface area contributed by atoms with Gasteiger partial charge in [0.15, 0.2) is 0 Å². The Morgan fingerprint density at radius 3 is 2.16 bits per heavy atom. The number of aromatic nitrogens is 1. The number of oxazole rings is 1. The lowest BCUT2D eigenvalue weighted by Gasteiger charge is -2.44. The van der Waals surface area contributed by atoms with E-state index in [0.717, 1.165) is 87.3 Å². The van der Waals surface area contributed by atoms with Crippen molar-refractivity contribution in [3.63, 3.8) is 0 Å². The summed E-state index contributed by atoms with van der Waals surface area (Å²) in [4.78, 5) is 12.9. The molecule has 3 aromatic rings. The fourth-order valence-electron chi connectivity index (χ4n) is 8.03. The Morgan fingerprint density at radius 1 is 0.953 bits per heavy atom. The Balaban J connectivity index is 1.49. The topological polar surface area (TPSA) is 35.8 Å². The largest absolute Gasteiger partial charge is 0.424 e. The zero-order valence-corrected chi connectivity index (χ0v) is 28.1. The van der Waals surface area contributed by atoms with Gasteiger partial charge in [-0.3, -0.25) is 0 Å². The van der Waals surface area contributed by atoms with Crippen LogP contribution in [0.1, 0.15) is 88.6 Å². The van der Waals surface area contributed by atoms with Crippen molar-refractivity contribution >= 4 is 17.5 Å². The standard InChI is InChI=1S/C37H53ClN4O/c1-7-41(8-2)26-37(20-18-31(19-21-37)34(40(5)6)30-14-16-32(38)17-15-30)36-39-33(23-29-12-10-9-11-13-29)35(43-36)42-24-27(3)22-28(4)25-42/h9-17,27-28,31,34H,7-8,18-26H2,1-6H3. The lowest BCUT2D eigenvalue weighted by atomic mass is 9.67. The smallest absolute Gasteiger partial charge is 0.219 e. The number of nitrogens with zero attached hydrogens (tertiary/aromatic N) is 4. The molecule has 0 bridgehead atoms. The Morgan fingerprint density at radius 2 is 1.58 bits per heavy atom. The second kappa shape index (κ2) is 14.2. The monoisotopic (exact) mass is 604 g/mol. The quantitative estimate of drug-likeness (QED) is 0.219. The van der Waals surface area contributed by atoms with E-state index >= 15 is 0 Å². The summed E-state index contributed by atoms with van der Waals surface area (Å²) in [6.07, 6.45) is 6.56. The molecule has 2 aliphatic rings. The molecule has 3 unspecified atom stereocenters. The van der Waals surface area contributed by atoms with Crippen molar-refractivity contribution in [2.24, 2.45) is 17.8 Å². The van der Waals surface area contributed by atoms with E-state index in [4.69, 9.17) is 21.0 Å². The van der Waals surface area contributed by atoms with Gasteiger partial charge in [0.05, 0.1) is 5.41 Å². The van der Waals surface area contributed by atoms with Crippen molar-refractivity contribution in [3.05, 3.63) is 82.3 Å². The predicted octanol–water partition coefficient (Wildman–Crippen LogP) is 8.47. The second-order valence-corrected chi connectivity index (χ2v) is 14.3. The van der Waals surface area contributed by atoms with Crippen LogP contribution >= 0.6 is 11.6 Å². The van der Waals surface area contributed by atoms with Crippen molar-refractivity contribution in [2.75, 3.05) is 51.7 Å². The fourth-order valence-corrected chi connectivity index (χ4v) is 8.15. The molecule has 234 valence electrons. The first-order valence-electron chi connectivity index (χ1n) is 16.6. The lowest BCUT2D eigenvalue weighted by Crippen LogP contribution is -2.45. The first kappa shape index (κ1) is 32.1. The average Bonchev–Trinajstić information content (AvgIpc) is 3.42. The molecule has 0 amide bonds. The van der Waals surface area contributed by atoms with Gasteiger partial charge < -0.3 is 19.1 Å². The Bertz CT molecular complexity index is 1270. The second-order valence-electron chi connectivity index (χ2n) is 13.8. The molecule has 2 heterocycles. The highest BCUT2D eigenvalue weighted by Crippen LogP contribution is 2.48. The van der Waals surface area contributed by atoms with E-state index < -0.39 is 0 Å². The van der Waals surface area contributed by atoms with Crippen LogP contribution in [0.25, 0.3) is 0 Å². The Hall–Kier alpha value is -2.34. The maximum absolute atomic E-state index is 7.06. The summed E-state index contributed by atoms with van der Waals surface area (Å²) in [6, 6.07) is 19.6. The first-order valence-corrected chi connectivity index (χ1v) is 17.0. The molecule has 2 aromatic carbocycles. The third-order valence-corrected chi connectivity index (χ3v) is 10.4. The van der Waals surface area contributed by atoms with Gasteiger partial charge in [-0.25, -0.2) is 4.98 Å². The summed E-state index contributed by atoms with van der Waals surface area (Å²) in [5.41, 5.74) is 3.67. The van der Waals surface area contributed by atoms with Crippen LogP contribution in [0.3, 0.4) is 0 Å². The van der Waals surface area contributed by atoms with Gasteiger partial charge in [0, 0.05) is 37.1 Å². The molecule has 2 fully saturated rings. The maximum atomic E-state index is 7.06. The molecule has 0 radical (unpaired) electrons. The van der Waals surface area contributed by atoms with E-state index in [-0.39, 0.29) is 5.41 Å². The third kappa shape index (κ3) is 7.49. The van der Waals surface area contributed by atoms with Gasteiger partial charge in [0.2, 0.25) is 11.8 Å². The highest BCUT2D eigenvalue weighted by Gasteiger charge is 2.45. The predicted molar refractivity (Wildman–Crippen MR) is 180 cm³/mol. The van der Waals surface area contributed by atoms with Crippen molar-refractivity contribution in [1.82, 2.24) is 14.8 Å². The van der Waals surface area contributed by atoms with Crippen LogP contribution in [0.4, 0.5) is 5.88 Å². The zero-order valence-electron chi connectivity index (χ0n) is 27.4. The van der Waals surface area contributed by atoms with Crippen LogP contribution in [0.15, 0.2) is 59.0 Å². The van der Waals surface area contributed by atoms with Crippen molar-refractivity contribution in [1.29, 1.82) is 0 Å². The van der Waals surface area contributed by atoms with Gasteiger partial charge in [-0.15, -0.1) is 0 Å². The SMILES string of the molecule is CCN(CC)CC1(c2nc(Cc3ccccc3)c(N3CC(C)CC(C)C3)o2)CCC(C(c2ccc(Cl)cc2)N(C)C)CC1. The molecule has 1 aliphatic heterocycles. The summed E-state index contributed by atoms with van der Waals surface area (Å²) in [5, 5.41) is 0.798. The van der Waals surface area contributed by atoms with E-state index in [0.29, 0.717) is 23.8 Å². The van der Waals surface area contributed by atoms with Gasteiger partial charge in [-0.1, -0.05) is 81.8 Å². The molecule has 43 heavy (non-hydrogen) atoms. The van der Waals surface area contributed by atoms with Crippen LogP contribution < -0.4 is 4.90 Å². The first-order chi connectivity index (χ1) is 20.7. The van der Waals surface area contributed by atoms with Gasteiger partial charge in [0.1, 0.15) is 5.69 Å². The molecule has 5 nitrogen and oxygen atoms in total. The lowest BCUT2D eigenvalue weighted by molar-refractivity contribution is 0.0934. The van der Waals surface area contributed by atoms with Crippen LogP contribution in [0.5, 0.6) is 0 Å². The Kier molecular flexibility index (Phi) is 10.6. The number of anilines is 1. The van der Waals surface area contributed by atoms with Crippen LogP contribution in [0.2, 0.25) is 5.02 Å². The van der Waals surface area contributed by atoms with Crippen LogP contribution in [-0.2, 0) is 11.8 Å². The highest BCUT2D eigenvalue weighted by atomic mass is 35.5. The minimum Gasteiger partial charge on any atom is -0.424 e. The molecule has 1 saturated carbocycles. The maximum Gasteiger partial charge on any atom is 0.219 e. The minimum absolute atomic E-state index is 0.0872. The van der Waals surface area contributed by atoms with E-state index in [9.17, 15) is 0 Å². The molecule has 1 aliphatic carbocycles. The van der Waals surface area contributed by atoms with Crippen molar-refractivity contribution in [3.8, 4) is 0 Å². The van der Waals surface area contributed by atoms with E-state index in [1.54, 1.807) is 0 Å². The molecular formula is C37H53ClN4O. The minimum atomic E-state index is -0.0872. The molecule has 1 aromatic heterocycles. The Labute approximate surface area is 265 Å². The summed E-state index contributed by atoms with van der Waals surface area (Å²) >= 11 is 6.26. The van der Waals surface area contributed by atoms with Crippen molar-refractivity contribution in [2.45, 2.75) is 77.7 Å². The van der Waals surface area contributed by atoms with Gasteiger partial charge in [0.25, 0.3) is 0 Å². The summed E-state index contributed by atoms with van der Waals surface area (Å²) in [7, 11) is 4.43. The average molecular weight is 605 g/mol. The number of rotatable bonds is 11. The van der Waals surface area contributed by atoms with Crippen LogP contribution in [0, 0.1) is 17.8 Å².